The molecule has 0 saturated heterocycles. The van der Waals surface area contributed by atoms with Crippen LogP contribution in [0.3, 0.4) is 0 Å². The van der Waals surface area contributed by atoms with Crippen LogP contribution in [0, 0.1) is 6.92 Å². The zero-order valence-corrected chi connectivity index (χ0v) is 12.6. The average molecular weight is 293 g/mol. The summed E-state index contributed by atoms with van der Waals surface area (Å²) in [5, 5.41) is 2.97. The van der Waals surface area contributed by atoms with Crippen LogP contribution in [0.1, 0.15) is 23.1 Å². The lowest BCUT2D eigenvalue weighted by molar-refractivity contribution is -0.121. The Morgan fingerprint density at radius 2 is 2.09 bits per heavy atom. The SMILES string of the molecule is Cc1cccc(CCC(=O)NCc2ccc3nc[nH]c3c2)c1. The lowest BCUT2D eigenvalue weighted by atomic mass is 10.1. The van der Waals surface area contributed by atoms with Crippen LogP contribution in [0.5, 0.6) is 0 Å². The summed E-state index contributed by atoms with van der Waals surface area (Å²) in [6.07, 6.45) is 2.96. The Labute approximate surface area is 129 Å². The minimum atomic E-state index is 0.0752. The standard InChI is InChI=1S/C18H19N3O/c1-13-3-2-4-14(9-13)6-8-18(22)19-11-15-5-7-16-17(10-15)21-12-20-16/h2-5,7,9-10,12H,6,8,11H2,1H3,(H,19,22)(H,20,21). The Kier molecular flexibility index (Phi) is 4.19. The number of benzene rings is 2. The molecule has 3 rings (SSSR count). The van der Waals surface area contributed by atoms with Gasteiger partial charge in [0, 0.05) is 13.0 Å². The van der Waals surface area contributed by atoms with Crippen LogP contribution in [0.25, 0.3) is 11.0 Å². The summed E-state index contributed by atoms with van der Waals surface area (Å²) in [7, 11) is 0. The molecule has 22 heavy (non-hydrogen) atoms. The third-order valence-corrected chi connectivity index (χ3v) is 3.70. The van der Waals surface area contributed by atoms with Gasteiger partial charge in [0.05, 0.1) is 17.4 Å². The molecule has 0 atom stereocenters. The van der Waals surface area contributed by atoms with E-state index in [1.165, 1.54) is 11.1 Å². The molecule has 0 unspecified atom stereocenters. The molecule has 112 valence electrons. The summed E-state index contributed by atoms with van der Waals surface area (Å²) in [5.41, 5.74) is 5.43. The van der Waals surface area contributed by atoms with E-state index in [-0.39, 0.29) is 5.91 Å². The van der Waals surface area contributed by atoms with E-state index >= 15 is 0 Å². The topological polar surface area (TPSA) is 57.8 Å². The summed E-state index contributed by atoms with van der Waals surface area (Å²) in [6, 6.07) is 14.2. The zero-order valence-electron chi connectivity index (χ0n) is 12.6. The minimum absolute atomic E-state index is 0.0752. The number of fused-ring (bicyclic) bond motifs is 1. The van der Waals surface area contributed by atoms with E-state index < -0.39 is 0 Å². The summed E-state index contributed by atoms with van der Waals surface area (Å²) < 4.78 is 0. The molecular weight excluding hydrogens is 274 g/mol. The fraction of sp³-hybridized carbons (Fsp3) is 0.222. The number of hydrogen-bond donors (Lipinski definition) is 2. The smallest absolute Gasteiger partial charge is 0.220 e. The molecule has 0 radical (unpaired) electrons. The molecule has 0 aliphatic heterocycles. The number of aromatic nitrogens is 2. The molecule has 1 aromatic heterocycles. The highest BCUT2D eigenvalue weighted by Crippen LogP contribution is 2.11. The molecule has 0 spiro atoms. The van der Waals surface area contributed by atoms with Gasteiger partial charge in [-0.25, -0.2) is 4.98 Å². The highest BCUT2D eigenvalue weighted by molar-refractivity contribution is 5.77. The number of rotatable bonds is 5. The molecule has 1 heterocycles. The Balaban J connectivity index is 1.51. The predicted molar refractivity (Wildman–Crippen MR) is 87.4 cm³/mol. The summed E-state index contributed by atoms with van der Waals surface area (Å²) in [4.78, 5) is 19.2. The van der Waals surface area contributed by atoms with Crippen molar-refractivity contribution in [1.82, 2.24) is 15.3 Å². The van der Waals surface area contributed by atoms with Gasteiger partial charge in [-0.05, 0) is 36.6 Å². The minimum Gasteiger partial charge on any atom is -0.352 e. The second-order valence-electron chi connectivity index (χ2n) is 5.52. The van der Waals surface area contributed by atoms with Crippen molar-refractivity contribution in [2.45, 2.75) is 26.3 Å². The summed E-state index contributed by atoms with van der Waals surface area (Å²) in [5.74, 6) is 0.0752. The lowest BCUT2D eigenvalue weighted by Gasteiger charge is -2.06. The second kappa shape index (κ2) is 6.43. The molecule has 4 heteroatoms. The van der Waals surface area contributed by atoms with Crippen molar-refractivity contribution < 1.29 is 4.79 Å². The van der Waals surface area contributed by atoms with Gasteiger partial charge in [0.2, 0.25) is 5.91 Å². The van der Waals surface area contributed by atoms with Crippen LogP contribution in [-0.4, -0.2) is 15.9 Å². The van der Waals surface area contributed by atoms with E-state index in [0.29, 0.717) is 13.0 Å². The fourth-order valence-electron chi connectivity index (χ4n) is 2.51. The number of imidazole rings is 1. The molecule has 0 aliphatic carbocycles. The monoisotopic (exact) mass is 293 g/mol. The first kappa shape index (κ1) is 14.3. The van der Waals surface area contributed by atoms with Crippen LogP contribution < -0.4 is 5.32 Å². The molecular formula is C18H19N3O. The lowest BCUT2D eigenvalue weighted by Crippen LogP contribution is -2.22. The zero-order chi connectivity index (χ0) is 15.4. The van der Waals surface area contributed by atoms with Gasteiger partial charge in [0.1, 0.15) is 0 Å². The maximum absolute atomic E-state index is 12.0. The maximum atomic E-state index is 12.0. The van der Waals surface area contributed by atoms with Crippen LogP contribution in [-0.2, 0) is 17.8 Å². The quantitative estimate of drug-likeness (QED) is 0.759. The van der Waals surface area contributed by atoms with E-state index in [4.69, 9.17) is 0 Å². The van der Waals surface area contributed by atoms with Gasteiger partial charge < -0.3 is 10.3 Å². The maximum Gasteiger partial charge on any atom is 0.220 e. The number of amides is 1. The van der Waals surface area contributed by atoms with Crippen LogP contribution in [0.4, 0.5) is 0 Å². The number of H-pyrrole nitrogens is 1. The van der Waals surface area contributed by atoms with Crippen LogP contribution in [0.2, 0.25) is 0 Å². The highest BCUT2D eigenvalue weighted by atomic mass is 16.1. The number of aromatic amines is 1. The molecule has 0 fully saturated rings. The molecule has 0 saturated carbocycles. The van der Waals surface area contributed by atoms with Gasteiger partial charge >= 0.3 is 0 Å². The number of hydrogen-bond acceptors (Lipinski definition) is 2. The first-order valence-electron chi connectivity index (χ1n) is 7.45. The molecule has 1 amide bonds. The first-order chi connectivity index (χ1) is 10.7. The van der Waals surface area contributed by atoms with E-state index in [0.717, 1.165) is 23.0 Å². The Morgan fingerprint density at radius 3 is 2.95 bits per heavy atom. The van der Waals surface area contributed by atoms with Crippen molar-refractivity contribution in [3.63, 3.8) is 0 Å². The Morgan fingerprint density at radius 1 is 1.18 bits per heavy atom. The van der Waals surface area contributed by atoms with E-state index in [9.17, 15) is 4.79 Å². The van der Waals surface area contributed by atoms with E-state index in [1.807, 2.05) is 24.3 Å². The van der Waals surface area contributed by atoms with Crippen LogP contribution >= 0.6 is 0 Å². The normalized spacial score (nSPS) is 10.8. The third-order valence-electron chi connectivity index (χ3n) is 3.70. The van der Waals surface area contributed by atoms with Crippen molar-refractivity contribution in [3.8, 4) is 0 Å². The van der Waals surface area contributed by atoms with Gasteiger partial charge in [0.25, 0.3) is 0 Å². The van der Waals surface area contributed by atoms with Crippen molar-refractivity contribution in [2.24, 2.45) is 0 Å². The second-order valence-corrected chi connectivity index (χ2v) is 5.52. The third kappa shape index (κ3) is 3.52. The molecule has 4 nitrogen and oxygen atoms in total. The molecule has 2 N–H and O–H groups in total. The van der Waals surface area contributed by atoms with Crippen molar-refractivity contribution in [2.75, 3.05) is 0 Å². The average Bonchev–Trinajstić information content (AvgIpc) is 2.98. The highest BCUT2D eigenvalue weighted by Gasteiger charge is 2.04. The molecule has 0 aliphatic rings. The first-order valence-corrected chi connectivity index (χ1v) is 7.45. The number of aryl methyl sites for hydroxylation is 2. The van der Waals surface area contributed by atoms with E-state index in [2.05, 4.69) is 40.4 Å². The van der Waals surface area contributed by atoms with Gasteiger partial charge in [-0.1, -0.05) is 35.9 Å². The van der Waals surface area contributed by atoms with Gasteiger partial charge in [-0.3, -0.25) is 4.79 Å². The Hall–Kier alpha value is -2.62. The van der Waals surface area contributed by atoms with Gasteiger partial charge in [-0.2, -0.15) is 0 Å². The van der Waals surface area contributed by atoms with Gasteiger partial charge in [0.15, 0.2) is 0 Å². The van der Waals surface area contributed by atoms with Gasteiger partial charge in [-0.15, -0.1) is 0 Å². The summed E-state index contributed by atoms with van der Waals surface area (Å²) in [6.45, 7) is 2.61. The predicted octanol–water partition coefficient (Wildman–Crippen LogP) is 3.12. The van der Waals surface area contributed by atoms with Crippen molar-refractivity contribution in [1.29, 1.82) is 0 Å². The number of carbonyl (C=O) groups is 1. The molecule has 3 aromatic rings. The van der Waals surface area contributed by atoms with Crippen molar-refractivity contribution >= 4 is 16.9 Å². The number of nitrogens with one attached hydrogen (secondary N) is 2. The largest absolute Gasteiger partial charge is 0.352 e. The number of carbonyl (C=O) groups excluding carboxylic acids is 1. The Bertz CT molecular complexity index is 792. The van der Waals surface area contributed by atoms with Crippen LogP contribution in [0.15, 0.2) is 48.8 Å². The molecule has 2 aromatic carbocycles. The summed E-state index contributed by atoms with van der Waals surface area (Å²) >= 11 is 0. The number of nitrogens with zero attached hydrogens (tertiary/aromatic N) is 1. The van der Waals surface area contributed by atoms with E-state index in [1.54, 1.807) is 6.33 Å². The fourth-order valence-corrected chi connectivity index (χ4v) is 2.51. The van der Waals surface area contributed by atoms with Crippen molar-refractivity contribution in [3.05, 3.63) is 65.5 Å². The molecule has 0 bridgehead atoms.